The summed E-state index contributed by atoms with van der Waals surface area (Å²) in [6, 6.07) is 4.51. The van der Waals surface area contributed by atoms with E-state index >= 15 is 0 Å². The maximum Gasteiger partial charge on any atom is 0.308 e. The first-order valence-electron chi connectivity index (χ1n) is 5.60. The van der Waals surface area contributed by atoms with Crippen LogP contribution in [0.1, 0.15) is 24.8 Å². The fraction of sp³-hybridized carbons (Fsp3) is 0.583. The Bertz CT molecular complexity index is 363. The van der Waals surface area contributed by atoms with Gasteiger partial charge >= 0.3 is 5.97 Å². The zero-order chi connectivity index (χ0) is 11.7. The summed E-state index contributed by atoms with van der Waals surface area (Å²) < 4.78 is 0. The monoisotopic (exact) mass is 239 g/mol. The van der Waals surface area contributed by atoms with Gasteiger partial charge in [0.1, 0.15) is 0 Å². The topological polar surface area (TPSA) is 40.5 Å². The number of carboxylic acids is 1. The predicted octanol–water partition coefficient (Wildman–Crippen LogP) is 2.46. The Morgan fingerprint density at radius 2 is 2.38 bits per heavy atom. The van der Waals surface area contributed by atoms with Gasteiger partial charge in [-0.1, -0.05) is 13.0 Å². The Kier molecular flexibility index (Phi) is 3.30. The van der Waals surface area contributed by atoms with Gasteiger partial charge in [-0.25, -0.2) is 0 Å². The van der Waals surface area contributed by atoms with E-state index in [4.69, 9.17) is 5.11 Å². The van der Waals surface area contributed by atoms with Crippen molar-refractivity contribution in [1.29, 1.82) is 0 Å². The molecular weight excluding hydrogens is 222 g/mol. The zero-order valence-electron chi connectivity index (χ0n) is 9.59. The third-order valence-corrected chi connectivity index (χ3v) is 4.50. The van der Waals surface area contributed by atoms with Crippen LogP contribution in [0.25, 0.3) is 0 Å². The number of hydrogen-bond acceptors (Lipinski definition) is 3. The first-order valence-corrected chi connectivity index (χ1v) is 6.48. The van der Waals surface area contributed by atoms with Crippen molar-refractivity contribution in [3.05, 3.63) is 22.4 Å². The van der Waals surface area contributed by atoms with E-state index in [1.165, 1.54) is 4.88 Å². The first-order chi connectivity index (χ1) is 7.59. The number of carbonyl (C=O) groups is 1. The lowest BCUT2D eigenvalue weighted by atomic mass is 9.99. The molecule has 1 aromatic rings. The van der Waals surface area contributed by atoms with Crippen LogP contribution in [0.5, 0.6) is 0 Å². The third kappa shape index (κ3) is 2.13. The molecule has 3 nitrogen and oxygen atoms in total. The van der Waals surface area contributed by atoms with Gasteiger partial charge in [0.25, 0.3) is 0 Å². The summed E-state index contributed by atoms with van der Waals surface area (Å²) >= 11 is 1.74. The highest BCUT2D eigenvalue weighted by molar-refractivity contribution is 7.10. The fourth-order valence-corrected chi connectivity index (χ4v) is 3.17. The molecule has 1 fully saturated rings. The molecule has 2 rings (SSSR count). The van der Waals surface area contributed by atoms with Gasteiger partial charge in [-0.3, -0.25) is 9.69 Å². The van der Waals surface area contributed by atoms with Gasteiger partial charge in [-0.15, -0.1) is 11.3 Å². The molecule has 0 bridgehead atoms. The molecule has 4 heteroatoms. The fourth-order valence-electron chi connectivity index (χ4n) is 2.35. The van der Waals surface area contributed by atoms with Crippen LogP contribution in [0.2, 0.25) is 0 Å². The minimum Gasteiger partial charge on any atom is -0.481 e. The van der Waals surface area contributed by atoms with Crippen LogP contribution in [-0.4, -0.2) is 29.1 Å². The molecule has 16 heavy (non-hydrogen) atoms. The van der Waals surface area contributed by atoms with E-state index < -0.39 is 5.97 Å². The molecule has 1 aliphatic heterocycles. The Morgan fingerprint density at radius 3 is 2.88 bits per heavy atom. The molecule has 1 N–H and O–H groups in total. The van der Waals surface area contributed by atoms with Gasteiger partial charge in [-0.05, 0) is 24.3 Å². The molecule has 0 spiro atoms. The van der Waals surface area contributed by atoms with Crippen molar-refractivity contribution < 1.29 is 9.90 Å². The Balaban J connectivity index is 2.05. The van der Waals surface area contributed by atoms with Gasteiger partial charge in [0.2, 0.25) is 0 Å². The highest BCUT2D eigenvalue weighted by atomic mass is 32.1. The summed E-state index contributed by atoms with van der Waals surface area (Å²) in [6.45, 7) is 5.74. The Hall–Kier alpha value is -0.870. The molecule has 1 saturated heterocycles. The lowest BCUT2D eigenvalue weighted by Crippen LogP contribution is -2.25. The second-order valence-electron chi connectivity index (χ2n) is 4.57. The molecule has 0 amide bonds. The molecule has 0 saturated carbocycles. The molecule has 1 aromatic heterocycles. The van der Waals surface area contributed by atoms with Gasteiger partial charge in [-0.2, -0.15) is 0 Å². The Labute approximate surface area is 99.7 Å². The summed E-state index contributed by atoms with van der Waals surface area (Å²) in [7, 11) is 0. The largest absolute Gasteiger partial charge is 0.481 e. The maximum absolute atomic E-state index is 11.0. The molecule has 1 aliphatic rings. The number of nitrogens with zero attached hydrogens (tertiary/aromatic N) is 1. The van der Waals surface area contributed by atoms with Crippen LogP contribution in [0.3, 0.4) is 0 Å². The van der Waals surface area contributed by atoms with Crippen LogP contribution in [0, 0.1) is 11.8 Å². The average Bonchev–Trinajstić information content (AvgIpc) is 2.84. The van der Waals surface area contributed by atoms with Crippen LogP contribution in [-0.2, 0) is 4.79 Å². The van der Waals surface area contributed by atoms with E-state index in [-0.39, 0.29) is 11.8 Å². The van der Waals surface area contributed by atoms with E-state index in [1.54, 1.807) is 11.3 Å². The summed E-state index contributed by atoms with van der Waals surface area (Å²) in [6.07, 6.45) is 0. The van der Waals surface area contributed by atoms with Crippen molar-refractivity contribution in [2.75, 3.05) is 13.1 Å². The van der Waals surface area contributed by atoms with Crippen molar-refractivity contribution in [3.8, 4) is 0 Å². The zero-order valence-corrected chi connectivity index (χ0v) is 10.4. The van der Waals surface area contributed by atoms with E-state index in [2.05, 4.69) is 23.3 Å². The highest BCUT2D eigenvalue weighted by Gasteiger charge is 2.36. The minimum absolute atomic E-state index is 0.206. The number of carboxylic acid groups (broad SMARTS) is 1. The van der Waals surface area contributed by atoms with E-state index in [0.29, 0.717) is 12.6 Å². The quantitative estimate of drug-likeness (QED) is 0.881. The smallest absolute Gasteiger partial charge is 0.308 e. The van der Waals surface area contributed by atoms with E-state index in [0.717, 1.165) is 6.54 Å². The normalized spacial score (nSPS) is 28.1. The van der Waals surface area contributed by atoms with Crippen LogP contribution >= 0.6 is 11.3 Å². The van der Waals surface area contributed by atoms with Crippen molar-refractivity contribution in [2.24, 2.45) is 11.8 Å². The minimum atomic E-state index is -0.659. The van der Waals surface area contributed by atoms with Crippen LogP contribution in [0.4, 0.5) is 0 Å². The number of thiophene rings is 1. The molecule has 88 valence electrons. The van der Waals surface area contributed by atoms with Crippen molar-refractivity contribution >= 4 is 17.3 Å². The van der Waals surface area contributed by atoms with Crippen LogP contribution < -0.4 is 0 Å². The van der Waals surface area contributed by atoms with Crippen molar-refractivity contribution in [3.63, 3.8) is 0 Å². The standard InChI is InChI=1S/C12H17NO2S/c1-8-6-13(7-10(8)12(14)15)9(2)11-4-3-5-16-11/h3-5,8-10H,6-7H2,1-2H3,(H,14,15)/t8-,9?,10-/m1/s1. The van der Waals surface area contributed by atoms with Gasteiger partial charge in [0.05, 0.1) is 5.92 Å². The van der Waals surface area contributed by atoms with E-state index in [1.807, 2.05) is 13.0 Å². The van der Waals surface area contributed by atoms with E-state index in [9.17, 15) is 4.79 Å². The highest BCUT2D eigenvalue weighted by Crippen LogP contribution is 2.32. The summed E-state index contributed by atoms with van der Waals surface area (Å²) in [5.74, 6) is -0.615. The summed E-state index contributed by atoms with van der Waals surface area (Å²) in [5, 5.41) is 11.2. The molecule has 3 atom stereocenters. The number of hydrogen-bond donors (Lipinski definition) is 1. The number of aliphatic carboxylic acids is 1. The van der Waals surface area contributed by atoms with Crippen LogP contribution in [0.15, 0.2) is 17.5 Å². The summed E-state index contributed by atoms with van der Waals surface area (Å²) in [5.41, 5.74) is 0. The lowest BCUT2D eigenvalue weighted by Gasteiger charge is -2.22. The molecular formula is C12H17NO2S. The maximum atomic E-state index is 11.0. The second kappa shape index (κ2) is 4.55. The van der Waals surface area contributed by atoms with Crippen molar-refractivity contribution in [1.82, 2.24) is 4.90 Å². The first kappa shape index (κ1) is 11.6. The average molecular weight is 239 g/mol. The second-order valence-corrected chi connectivity index (χ2v) is 5.55. The van der Waals surface area contributed by atoms with Gasteiger partial charge < -0.3 is 5.11 Å². The number of rotatable bonds is 3. The molecule has 1 unspecified atom stereocenters. The number of likely N-dealkylation sites (tertiary alicyclic amines) is 1. The van der Waals surface area contributed by atoms with Gasteiger partial charge in [0.15, 0.2) is 0 Å². The molecule has 0 aliphatic carbocycles. The molecule has 2 heterocycles. The van der Waals surface area contributed by atoms with Gasteiger partial charge in [0, 0.05) is 24.0 Å². The molecule has 0 aromatic carbocycles. The Morgan fingerprint density at radius 1 is 1.62 bits per heavy atom. The lowest BCUT2D eigenvalue weighted by molar-refractivity contribution is -0.142. The molecule has 0 radical (unpaired) electrons. The third-order valence-electron chi connectivity index (χ3n) is 3.46. The predicted molar refractivity (Wildman–Crippen MR) is 64.6 cm³/mol. The SMILES string of the molecule is CC(c1cccs1)N1C[C@@H](C)[C@H](C(=O)O)C1. The van der Waals surface area contributed by atoms with Crippen molar-refractivity contribution in [2.45, 2.75) is 19.9 Å². The summed E-state index contributed by atoms with van der Waals surface area (Å²) in [4.78, 5) is 14.6.